The molecular formula is C48H26N2. The molecule has 0 N–H and O–H groups in total. The number of fused-ring (bicyclic) bond motifs is 8. The van der Waals surface area contributed by atoms with Crippen molar-refractivity contribution in [2.75, 3.05) is 0 Å². The SMILES string of the molecule is N#Cc1ccc(-c2ccc3c4c(cccc24)-c2cc4c(-c5ccccc5)cc5c6ccc(C#N)cc6c(-c6ccccc6)cc5c4cc2-3)cc1. The highest BCUT2D eigenvalue weighted by atomic mass is 14.3. The first-order valence-corrected chi connectivity index (χ1v) is 16.8. The van der Waals surface area contributed by atoms with Gasteiger partial charge in [-0.1, -0.05) is 109 Å². The normalized spacial score (nSPS) is 11.6. The van der Waals surface area contributed by atoms with Gasteiger partial charge in [0.05, 0.1) is 23.3 Å². The zero-order valence-corrected chi connectivity index (χ0v) is 26.9. The quantitative estimate of drug-likeness (QED) is 0.182. The average molecular weight is 631 g/mol. The number of nitrogens with zero attached hydrogens (tertiary/aromatic N) is 2. The summed E-state index contributed by atoms with van der Waals surface area (Å²) in [5, 5.41) is 28.7. The maximum atomic E-state index is 9.87. The molecule has 50 heavy (non-hydrogen) atoms. The van der Waals surface area contributed by atoms with Crippen LogP contribution < -0.4 is 0 Å². The monoisotopic (exact) mass is 630 g/mol. The van der Waals surface area contributed by atoms with Crippen molar-refractivity contribution in [3.8, 4) is 67.8 Å². The summed E-state index contributed by atoms with van der Waals surface area (Å²) in [5.41, 5.74) is 13.2. The molecule has 0 saturated carbocycles. The zero-order chi connectivity index (χ0) is 33.3. The lowest BCUT2D eigenvalue weighted by molar-refractivity contribution is 1.48. The van der Waals surface area contributed by atoms with Crippen LogP contribution in [-0.4, -0.2) is 0 Å². The van der Waals surface area contributed by atoms with Crippen LogP contribution in [-0.2, 0) is 0 Å². The van der Waals surface area contributed by atoms with Gasteiger partial charge in [-0.3, -0.25) is 0 Å². The lowest BCUT2D eigenvalue weighted by Crippen LogP contribution is -1.91. The molecule has 0 fully saturated rings. The van der Waals surface area contributed by atoms with E-state index in [1.54, 1.807) is 0 Å². The van der Waals surface area contributed by atoms with Crippen molar-refractivity contribution < 1.29 is 0 Å². The second-order valence-electron chi connectivity index (χ2n) is 13.1. The molecule has 0 heterocycles. The first-order chi connectivity index (χ1) is 24.7. The maximum Gasteiger partial charge on any atom is 0.0991 e. The zero-order valence-electron chi connectivity index (χ0n) is 26.9. The molecule has 2 heteroatoms. The predicted octanol–water partition coefficient (Wildman–Crippen LogP) is 12.7. The van der Waals surface area contributed by atoms with Crippen LogP contribution in [0.1, 0.15) is 11.1 Å². The molecule has 0 spiro atoms. The van der Waals surface area contributed by atoms with Crippen molar-refractivity contribution in [2.45, 2.75) is 0 Å². The number of hydrogen-bond donors (Lipinski definition) is 0. The minimum atomic E-state index is 0.655. The molecular weight excluding hydrogens is 605 g/mol. The molecule has 1 aliphatic carbocycles. The van der Waals surface area contributed by atoms with Gasteiger partial charge in [-0.2, -0.15) is 10.5 Å². The minimum absolute atomic E-state index is 0.655. The molecule has 2 nitrogen and oxygen atoms in total. The van der Waals surface area contributed by atoms with E-state index < -0.39 is 0 Å². The van der Waals surface area contributed by atoms with Crippen molar-refractivity contribution in [3.05, 3.63) is 169 Å². The summed E-state index contributed by atoms with van der Waals surface area (Å²) in [6, 6.07) is 60.4. The van der Waals surface area contributed by atoms with E-state index >= 15 is 0 Å². The van der Waals surface area contributed by atoms with Crippen LogP contribution in [0.15, 0.2) is 158 Å². The van der Waals surface area contributed by atoms with Gasteiger partial charge in [0.15, 0.2) is 0 Å². The highest BCUT2D eigenvalue weighted by molar-refractivity contribution is 6.27. The van der Waals surface area contributed by atoms with Gasteiger partial charge in [-0.05, 0) is 147 Å². The highest BCUT2D eigenvalue weighted by Gasteiger charge is 2.25. The molecule has 0 saturated heterocycles. The summed E-state index contributed by atoms with van der Waals surface area (Å²) < 4.78 is 0. The number of hydrogen-bond acceptors (Lipinski definition) is 2. The lowest BCUT2D eigenvalue weighted by Gasteiger charge is -2.18. The van der Waals surface area contributed by atoms with Gasteiger partial charge in [0.1, 0.15) is 0 Å². The van der Waals surface area contributed by atoms with Crippen LogP contribution in [0.3, 0.4) is 0 Å². The minimum Gasteiger partial charge on any atom is -0.192 e. The van der Waals surface area contributed by atoms with Gasteiger partial charge in [0.25, 0.3) is 0 Å². The molecule has 0 amide bonds. The van der Waals surface area contributed by atoms with Crippen LogP contribution in [0.25, 0.3) is 98.7 Å². The van der Waals surface area contributed by atoms with E-state index in [-0.39, 0.29) is 0 Å². The molecule has 228 valence electrons. The van der Waals surface area contributed by atoms with Gasteiger partial charge >= 0.3 is 0 Å². The van der Waals surface area contributed by atoms with Crippen LogP contribution in [0, 0.1) is 22.7 Å². The Bertz CT molecular complexity index is 2960. The van der Waals surface area contributed by atoms with Gasteiger partial charge < -0.3 is 0 Å². The molecule has 0 unspecified atom stereocenters. The second-order valence-corrected chi connectivity index (χ2v) is 13.1. The molecule has 9 aromatic rings. The van der Waals surface area contributed by atoms with Crippen molar-refractivity contribution >= 4 is 43.1 Å². The van der Waals surface area contributed by atoms with Crippen molar-refractivity contribution in [2.24, 2.45) is 0 Å². The fraction of sp³-hybridized carbons (Fsp3) is 0. The van der Waals surface area contributed by atoms with Crippen molar-refractivity contribution in [3.63, 3.8) is 0 Å². The van der Waals surface area contributed by atoms with E-state index in [1.807, 2.05) is 42.5 Å². The van der Waals surface area contributed by atoms with Gasteiger partial charge in [0.2, 0.25) is 0 Å². The lowest BCUT2D eigenvalue weighted by atomic mass is 9.85. The summed E-state index contributed by atoms with van der Waals surface area (Å²) in [4.78, 5) is 0. The third-order valence-corrected chi connectivity index (χ3v) is 10.5. The van der Waals surface area contributed by atoms with Gasteiger partial charge in [-0.25, -0.2) is 0 Å². The van der Waals surface area contributed by atoms with E-state index in [4.69, 9.17) is 0 Å². The van der Waals surface area contributed by atoms with Crippen LogP contribution in [0.2, 0.25) is 0 Å². The van der Waals surface area contributed by atoms with Gasteiger partial charge in [0, 0.05) is 0 Å². The fourth-order valence-corrected chi connectivity index (χ4v) is 8.15. The van der Waals surface area contributed by atoms with Crippen molar-refractivity contribution in [1.29, 1.82) is 10.5 Å². The first-order valence-electron chi connectivity index (χ1n) is 16.8. The van der Waals surface area contributed by atoms with Crippen LogP contribution in [0.5, 0.6) is 0 Å². The third-order valence-electron chi connectivity index (χ3n) is 10.5. The summed E-state index contributed by atoms with van der Waals surface area (Å²) >= 11 is 0. The summed E-state index contributed by atoms with van der Waals surface area (Å²) in [7, 11) is 0. The molecule has 9 aromatic carbocycles. The smallest absolute Gasteiger partial charge is 0.0991 e. The fourth-order valence-electron chi connectivity index (χ4n) is 8.15. The standard InChI is InChI=1S/C48H26N2/c49-27-29-14-17-33(18-15-29)34-20-21-38-44-26-47-45(25-43(44)37-13-7-12-36(34)48(37)38)40(32-10-5-2-6-11-32)23-42-35-19-16-30(28-50)22-41(35)39(24-46(42)47)31-8-3-1-4-9-31/h1-26H. The number of nitriles is 2. The summed E-state index contributed by atoms with van der Waals surface area (Å²) in [6.45, 7) is 0. The highest BCUT2D eigenvalue weighted by Crippen LogP contribution is 2.52. The second kappa shape index (κ2) is 10.8. The van der Waals surface area contributed by atoms with E-state index in [0.29, 0.717) is 11.1 Å². The molecule has 0 radical (unpaired) electrons. The van der Waals surface area contributed by atoms with Gasteiger partial charge in [-0.15, -0.1) is 0 Å². The Labute approximate surface area is 289 Å². The van der Waals surface area contributed by atoms with Crippen LogP contribution >= 0.6 is 0 Å². The van der Waals surface area contributed by atoms with E-state index in [2.05, 4.69) is 127 Å². The Morgan fingerprint density at radius 1 is 0.280 bits per heavy atom. The molecule has 1 aliphatic rings. The Morgan fingerprint density at radius 3 is 1.44 bits per heavy atom. The topological polar surface area (TPSA) is 47.6 Å². The van der Waals surface area contributed by atoms with Crippen molar-refractivity contribution in [1.82, 2.24) is 0 Å². The Morgan fingerprint density at radius 2 is 0.780 bits per heavy atom. The number of benzene rings is 9. The molecule has 0 aromatic heterocycles. The maximum absolute atomic E-state index is 9.87. The summed E-state index contributed by atoms with van der Waals surface area (Å²) in [5.74, 6) is 0. The number of rotatable bonds is 3. The first kappa shape index (κ1) is 28.1. The van der Waals surface area contributed by atoms with E-state index in [1.165, 1.54) is 71.3 Å². The van der Waals surface area contributed by atoms with E-state index in [0.717, 1.165) is 27.5 Å². The van der Waals surface area contributed by atoms with Crippen LogP contribution in [0.4, 0.5) is 0 Å². The Balaban J connectivity index is 1.32. The molecule has 0 aliphatic heterocycles. The molecule has 10 rings (SSSR count). The average Bonchev–Trinajstić information content (AvgIpc) is 3.50. The Kier molecular flexibility index (Phi) is 6.04. The Hall–Kier alpha value is -7.00. The predicted molar refractivity (Wildman–Crippen MR) is 207 cm³/mol. The summed E-state index contributed by atoms with van der Waals surface area (Å²) in [6.07, 6.45) is 0. The molecule has 0 atom stereocenters. The largest absolute Gasteiger partial charge is 0.192 e. The third kappa shape index (κ3) is 4.07. The van der Waals surface area contributed by atoms with E-state index in [9.17, 15) is 10.5 Å². The molecule has 0 bridgehead atoms.